The Morgan fingerprint density at radius 3 is 2.44 bits per heavy atom. The van der Waals surface area contributed by atoms with Gasteiger partial charge in [0.25, 0.3) is 0 Å². The van der Waals surface area contributed by atoms with Crippen molar-refractivity contribution in [1.29, 1.82) is 0 Å². The lowest BCUT2D eigenvalue weighted by Crippen LogP contribution is -2.01. The van der Waals surface area contributed by atoms with E-state index < -0.39 is 0 Å². The van der Waals surface area contributed by atoms with Gasteiger partial charge in [0, 0.05) is 12.6 Å². The van der Waals surface area contributed by atoms with Crippen LogP contribution in [0.1, 0.15) is 0 Å². The van der Waals surface area contributed by atoms with Crippen LogP contribution >= 0.6 is 0 Å². The molecular formula is C12H12N6. The van der Waals surface area contributed by atoms with Crippen molar-refractivity contribution in [2.75, 3.05) is 11.5 Å². The summed E-state index contributed by atoms with van der Waals surface area (Å²) in [5.41, 5.74) is 13.6. The Bertz CT molecular complexity index is 716. The van der Waals surface area contributed by atoms with E-state index in [1.807, 2.05) is 41.9 Å². The van der Waals surface area contributed by atoms with E-state index >= 15 is 0 Å². The van der Waals surface area contributed by atoms with Crippen molar-refractivity contribution < 1.29 is 0 Å². The largest absolute Gasteiger partial charge is 0.382 e. The van der Waals surface area contributed by atoms with Crippen LogP contribution in [0.15, 0.2) is 30.3 Å². The zero-order chi connectivity index (χ0) is 12.7. The molecule has 6 heteroatoms. The Hall–Kier alpha value is -2.63. The highest BCUT2D eigenvalue weighted by Crippen LogP contribution is 2.25. The number of benzene rings is 1. The topological polar surface area (TPSA) is 95.6 Å². The van der Waals surface area contributed by atoms with Gasteiger partial charge in [0.05, 0.1) is 0 Å². The molecule has 1 aromatic carbocycles. The van der Waals surface area contributed by atoms with E-state index in [0.29, 0.717) is 17.0 Å². The standard InChI is InChI=1S/C12H12N6/c1-18-10(7-5-3-2-4-6-7)15-8-9(13)16-12(14)17-11(8)18/h2-6H,1H3,(H4,13,14,16,17). The van der Waals surface area contributed by atoms with Crippen molar-refractivity contribution in [2.45, 2.75) is 0 Å². The van der Waals surface area contributed by atoms with Crippen LogP contribution in [0.3, 0.4) is 0 Å². The minimum atomic E-state index is 0.155. The first-order valence-electron chi connectivity index (χ1n) is 5.47. The number of hydrogen-bond donors (Lipinski definition) is 2. The van der Waals surface area contributed by atoms with Gasteiger partial charge in [-0.1, -0.05) is 30.3 Å². The highest BCUT2D eigenvalue weighted by atomic mass is 15.2. The average Bonchev–Trinajstić information content (AvgIpc) is 2.69. The van der Waals surface area contributed by atoms with Crippen LogP contribution in [-0.4, -0.2) is 19.5 Å². The van der Waals surface area contributed by atoms with Crippen molar-refractivity contribution in [1.82, 2.24) is 19.5 Å². The Labute approximate surface area is 103 Å². The fourth-order valence-electron chi connectivity index (χ4n) is 1.95. The summed E-state index contributed by atoms with van der Waals surface area (Å²) in [6.07, 6.45) is 0. The molecule has 0 spiro atoms. The summed E-state index contributed by atoms with van der Waals surface area (Å²) in [5, 5.41) is 0. The van der Waals surface area contributed by atoms with E-state index in [1.165, 1.54) is 0 Å². The summed E-state index contributed by atoms with van der Waals surface area (Å²) in [5.74, 6) is 1.25. The van der Waals surface area contributed by atoms with Gasteiger partial charge in [0.1, 0.15) is 5.82 Å². The van der Waals surface area contributed by atoms with Gasteiger partial charge < -0.3 is 16.0 Å². The van der Waals surface area contributed by atoms with Crippen LogP contribution < -0.4 is 11.5 Å². The van der Waals surface area contributed by atoms with Gasteiger partial charge in [-0.15, -0.1) is 0 Å². The van der Waals surface area contributed by atoms with Gasteiger partial charge in [0.2, 0.25) is 5.95 Å². The number of nitrogens with zero attached hydrogens (tertiary/aromatic N) is 4. The highest BCUT2D eigenvalue weighted by Gasteiger charge is 2.14. The molecule has 2 heterocycles. The summed E-state index contributed by atoms with van der Waals surface area (Å²) in [6, 6.07) is 9.83. The lowest BCUT2D eigenvalue weighted by Gasteiger charge is -2.01. The number of hydrogen-bond acceptors (Lipinski definition) is 5. The molecular weight excluding hydrogens is 228 g/mol. The third kappa shape index (κ3) is 1.46. The van der Waals surface area contributed by atoms with E-state index in [0.717, 1.165) is 11.4 Å². The number of fused-ring (bicyclic) bond motifs is 1. The SMILES string of the molecule is Cn1c(-c2ccccc2)nc2c(N)nc(N)nc21. The number of anilines is 2. The molecule has 0 saturated heterocycles. The molecule has 0 atom stereocenters. The molecule has 0 saturated carbocycles. The molecule has 3 rings (SSSR count). The maximum Gasteiger partial charge on any atom is 0.224 e. The monoisotopic (exact) mass is 240 g/mol. The van der Waals surface area contributed by atoms with Crippen LogP contribution in [0.25, 0.3) is 22.6 Å². The molecule has 0 fully saturated rings. The quantitative estimate of drug-likeness (QED) is 0.666. The van der Waals surface area contributed by atoms with Gasteiger partial charge in [-0.05, 0) is 0 Å². The fourth-order valence-corrected chi connectivity index (χ4v) is 1.95. The Kier molecular flexibility index (Phi) is 2.16. The molecule has 0 aliphatic heterocycles. The number of aromatic nitrogens is 4. The van der Waals surface area contributed by atoms with Crippen molar-refractivity contribution in [2.24, 2.45) is 7.05 Å². The van der Waals surface area contributed by atoms with Crippen LogP contribution in [0, 0.1) is 0 Å². The summed E-state index contributed by atoms with van der Waals surface area (Å²) >= 11 is 0. The normalized spacial score (nSPS) is 10.9. The maximum absolute atomic E-state index is 5.81. The summed E-state index contributed by atoms with van der Waals surface area (Å²) in [7, 11) is 1.88. The molecule has 0 aliphatic rings. The predicted molar refractivity (Wildman–Crippen MR) is 70.6 cm³/mol. The lowest BCUT2D eigenvalue weighted by molar-refractivity contribution is 0.941. The molecule has 0 radical (unpaired) electrons. The molecule has 6 nitrogen and oxygen atoms in total. The minimum Gasteiger partial charge on any atom is -0.382 e. The number of imidazole rings is 1. The summed E-state index contributed by atoms with van der Waals surface area (Å²) in [6.45, 7) is 0. The van der Waals surface area contributed by atoms with Crippen LogP contribution in [-0.2, 0) is 7.05 Å². The van der Waals surface area contributed by atoms with Gasteiger partial charge in [-0.3, -0.25) is 0 Å². The summed E-state index contributed by atoms with van der Waals surface area (Å²) < 4.78 is 1.86. The van der Waals surface area contributed by atoms with Crippen LogP contribution in [0.2, 0.25) is 0 Å². The number of nitrogen functional groups attached to an aromatic ring is 2. The fraction of sp³-hybridized carbons (Fsp3) is 0.0833. The lowest BCUT2D eigenvalue weighted by atomic mass is 10.2. The molecule has 2 aromatic heterocycles. The Morgan fingerprint density at radius 2 is 1.72 bits per heavy atom. The molecule has 3 aromatic rings. The van der Waals surface area contributed by atoms with Gasteiger partial charge in [0.15, 0.2) is 17.0 Å². The van der Waals surface area contributed by atoms with Crippen molar-refractivity contribution in [3.63, 3.8) is 0 Å². The molecule has 0 amide bonds. The van der Waals surface area contributed by atoms with Crippen LogP contribution in [0.5, 0.6) is 0 Å². The Morgan fingerprint density at radius 1 is 1.00 bits per heavy atom. The molecule has 90 valence electrons. The molecule has 0 bridgehead atoms. The van der Waals surface area contributed by atoms with Crippen molar-refractivity contribution in [3.05, 3.63) is 30.3 Å². The second-order valence-corrected chi connectivity index (χ2v) is 4.00. The molecule has 18 heavy (non-hydrogen) atoms. The third-order valence-electron chi connectivity index (χ3n) is 2.79. The predicted octanol–water partition coefficient (Wildman–Crippen LogP) is 1.19. The third-order valence-corrected chi connectivity index (χ3v) is 2.79. The van der Waals surface area contributed by atoms with E-state index in [1.54, 1.807) is 0 Å². The molecule has 4 N–H and O–H groups in total. The average molecular weight is 240 g/mol. The zero-order valence-corrected chi connectivity index (χ0v) is 9.83. The molecule has 0 unspecified atom stereocenters. The zero-order valence-electron chi connectivity index (χ0n) is 9.83. The van der Waals surface area contributed by atoms with Gasteiger partial charge in [-0.2, -0.15) is 9.97 Å². The van der Waals surface area contributed by atoms with E-state index in [2.05, 4.69) is 15.0 Å². The summed E-state index contributed by atoms with van der Waals surface area (Å²) in [4.78, 5) is 12.6. The highest BCUT2D eigenvalue weighted by molar-refractivity contribution is 5.86. The Balaban J connectivity index is 2.33. The van der Waals surface area contributed by atoms with E-state index in [9.17, 15) is 0 Å². The first-order chi connectivity index (χ1) is 8.66. The van der Waals surface area contributed by atoms with Crippen LogP contribution in [0.4, 0.5) is 11.8 Å². The van der Waals surface area contributed by atoms with Gasteiger partial charge in [-0.25, -0.2) is 4.98 Å². The minimum absolute atomic E-state index is 0.155. The number of nitrogens with two attached hydrogens (primary N) is 2. The molecule has 0 aliphatic carbocycles. The van der Waals surface area contributed by atoms with Crippen molar-refractivity contribution in [3.8, 4) is 11.4 Å². The first-order valence-corrected chi connectivity index (χ1v) is 5.47. The van der Waals surface area contributed by atoms with E-state index in [4.69, 9.17) is 11.5 Å². The van der Waals surface area contributed by atoms with Crippen molar-refractivity contribution >= 4 is 22.9 Å². The number of aryl methyl sites for hydroxylation is 1. The number of rotatable bonds is 1. The van der Waals surface area contributed by atoms with Gasteiger partial charge >= 0.3 is 0 Å². The second kappa shape index (κ2) is 3.69. The first kappa shape index (κ1) is 10.5. The smallest absolute Gasteiger partial charge is 0.224 e. The second-order valence-electron chi connectivity index (χ2n) is 4.00. The maximum atomic E-state index is 5.81. The van der Waals surface area contributed by atoms with E-state index in [-0.39, 0.29) is 5.95 Å².